The maximum absolute atomic E-state index is 12.1. The topological polar surface area (TPSA) is 118 Å². The maximum Gasteiger partial charge on any atom is 0.240 e. The molecule has 0 saturated carbocycles. The first kappa shape index (κ1) is 17.4. The van der Waals surface area contributed by atoms with E-state index >= 15 is 0 Å². The Labute approximate surface area is 127 Å². The van der Waals surface area contributed by atoms with Crippen LogP contribution in [0.1, 0.15) is 5.56 Å². The second-order valence-electron chi connectivity index (χ2n) is 4.06. The summed E-state index contributed by atoms with van der Waals surface area (Å²) < 4.78 is 51.6. The molecule has 0 amide bonds. The Morgan fingerprint density at radius 1 is 1.25 bits per heavy atom. The van der Waals surface area contributed by atoms with Gasteiger partial charge in [-0.2, -0.15) is 0 Å². The lowest BCUT2D eigenvalue weighted by Gasteiger charge is -2.11. The zero-order valence-electron chi connectivity index (χ0n) is 11.0. The van der Waals surface area contributed by atoms with Crippen molar-refractivity contribution in [2.45, 2.75) is 11.8 Å². The molecule has 20 heavy (non-hydrogen) atoms. The van der Waals surface area contributed by atoms with Gasteiger partial charge in [0, 0.05) is 16.7 Å². The number of anilines is 1. The highest BCUT2D eigenvalue weighted by Gasteiger charge is 2.19. The van der Waals surface area contributed by atoms with Gasteiger partial charge in [-0.05, 0) is 47.6 Å². The van der Waals surface area contributed by atoms with Crippen molar-refractivity contribution in [1.29, 1.82) is 0 Å². The Hall–Kier alpha value is -0.680. The number of nitrogen functional groups attached to an aromatic ring is 1. The Morgan fingerprint density at radius 2 is 1.85 bits per heavy atom. The summed E-state index contributed by atoms with van der Waals surface area (Å²) in [7, 11) is -5.99. The SMILES string of the molecule is CNS(=O)(=O)CCNS(=O)(=O)c1cc(N)c(Br)cc1C. The van der Waals surface area contributed by atoms with Crippen LogP contribution in [0.25, 0.3) is 0 Å². The minimum Gasteiger partial charge on any atom is -0.398 e. The van der Waals surface area contributed by atoms with Gasteiger partial charge in [-0.1, -0.05) is 0 Å². The van der Waals surface area contributed by atoms with Crippen molar-refractivity contribution in [1.82, 2.24) is 9.44 Å². The summed E-state index contributed by atoms with van der Waals surface area (Å²) in [5.41, 5.74) is 6.46. The van der Waals surface area contributed by atoms with Crippen molar-refractivity contribution in [3.05, 3.63) is 22.2 Å². The molecule has 1 aromatic carbocycles. The number of nitrogens with two attached hydrogens (primary N) is 1. The molecule has 0 aliphatic rings. The normalized spacial score (nSPS) is 12.6. The van der Waals surface area contributed by atoms with Gasteiger partial charge in [-0.3, -0.25) is 0 Å². The second kappa shape index (κ2) is 6.39. The predicted molar refractivity (Wildman–Crippen MR) is 81.3 cm³/mol. The highest BCUT2D eigenvalue weighted by atomic mass is 79.9. The molecule has 0 saturated heterocycles. The fourth-order valence-electron chi connectivity index (χ4n) is 1.45. The van der Waals surface area contributed by atoms with E-state index in [0.717, 1.165) is 0 Å². The lowest BCUT2D eigenvalue weighted by atomic mass is 10.2. The van der Waals surface area contributed by atoms with Crippen LogP contribution in [-0.2, 0) is 20.0 Å². The number of hydrogen-bond acceptors (Lipinski definition) is 5. The van der Waals surface area contributed by atoms with E-state index in [1.54, 1.807) is 13.0 Å². The summed E-state index contributed by atoms with van der Waals surface area (Å²) in [4.78, 5) is 0.0278. The standard InChI is InChI=1S/C10H16BrN3O4S2/c1-7-5-8(11)9(12)6-10(7)20(17,18)14-3-4-19(15,16)13-2/h5-6,13-14H,3-4,12H2,1-2H3. The minimum atomic E-state index is -3.80. The van der Waals surface area contributed by atoms with Gasteiger partial charge in [-0.15, -0.1) is 0 Å². The van der Waals surface area contributed by atoms with Crippen LogP contribution in [0.5, 0.6) is 0 Å². The summed E-state index contributed by atoms with van der Waals surface area (Å²) in [5.74, 6) is -0.339. The van der Waals surface area contributed by atoms with E-state index in [-0.39, 0.29) is 17.2 Å². The Kier molecular flexibility index (Phi) is 5.55. The first-order valence-electron chi connectivity index (χ1n) is 5.55. The lowest BCUT2D eigenvalue weighted by Crippen LogP contribution is -2.33. The van der Waals surface area contributed by atoms with E-state index in [1.807, 2.05) is 0 Å². The van der Waals surface area contributed by atoms with Crippen LogP contribution in [-0.4, -0.2) is 36.2 Å². The number of benzene rings is 1. The summed E-state index contributed by atoms with van der Waals surface area (Å²) in [6.45, 7) is 1.41. The molecular weight excluding hydrogens is 370 g/mol. The molecular formula is C10H16BrN3O4S2. The van der Waals surface area contributed by atoms with Crippen molar-refractivity contribution in [2.24, 2.45) is 0 Å². The van der Waals surface area contributed by atoms with Gasteiger partial charge in [0.1, 0.15) is 0 Å². The van der Waals surface area contributed by atoms with Crippen LogP contribution in [0.2, 0.25) is 0 Å². The van der Waals surface area contributed by atoms with E-state index in [0.29, 0.717) is 15.7 Å². The van der Waals surface area contributed by atoms with E-state index in [2.05, 4.69) is 25.4 Å². The molecule has 4 N–H and O–H groups in total. The Morgan fingerprint density at radius 3 is 2.40 bits per heavy atom. The smallest absolute Gasteiger partial charge is 0.240 e. The van der Waals surface area contributed by atoms with Gasteiger partial charge in [-0.25, -0.2) is 26.3 Å². The zero-order valence-corrected chi connectivity index (χ0v) is 14.2. The van der Waals surface area contributed by atoms with Crippen LogP contribution in [0, 0.1) is 6.92 Å². The van der Waals surface area contributed by atoms with Crippen LogP contribution in [0.4, 0.5) is 5.69 Å². The monoisotopic (exact) mass is 385 g/mol. The molecule has 1 rings (SSSR count). The molecule has 0 aromatic heterocycles. The third kappa shape index (κ3) is 4.42. The molecule has 0 bridgehead atoms. The molecule has 114 valence electrons. The average molecular weight is 386 g/mol. The molecule has 0 fully saturated rings. The van der Waals surface area contributed by atoms with E-state index < -0.39 is 20.0 Å². The molecule has 0 aliphatic heterocycles. The highest BCUT2D eigenvalue weighted by Crippen LogP contribution is 2.26. The predicted octanol–water partition coefficient (Wildman–Crippen LogP) is 0.167. The van der Waals surface area contributed by atoms with Gasteiger partial charge in [0.15, 0.2) is 0 Å². The molecule has 7 nitrogen and oxygen atoms in total. The number of halogens is 1. The first-order valence-corrected chi connectivity index (χ1v) is 9.48. The van der Waals surface area contributed by atoms with Crippen molar-refractivity contribution < 1.29 is 16.8 Å². The summed E-state index contributed by atoms with van der Waals surface area (Å²) in [6.07, 6.45) is 0. The Bertz CT molecular complexity index is 701. The summed E-state index contributed by atoms with van der Waals surface area (Å²) >= 11 is 3.21. The van der Waals surface area contributed by atoms with Crippen LogP contribution >= 0.6 is 15.9 Å². The van der Waals surface area contributed by atoms with Gasteiger partial charge in [0.2, 0.25) is 20.0 Å². The molecule has 0 spiro atoms. The average Bonchev–Trinajstić information content (AvgIpc) is 2.33. The van der Waals surface area contributed by atoms with Crippen molar-refractivity contribution in [2.75, 3.05) is 25.1 Å². The quantitative estimate of drug-likeness (QED) is 0.603. The van der Waals surface area contributed by atoms with E-state index in [1.165, 1.54) is 13.1 Å². The van der Waals surface area contributed by atoms with Crippen LogP contribution < -0.4 is 15.2 Å². The minimum absolute atomic E-state index is 0.0278. The number of rotatable bonds is 6. The Balaban J connectivity index is 2.93. The molecule has 0 aliphatic carbocycles. The number of nitrogens with one attached hydrogen (secondary N) is 2. The number of aryl methyl sites for hydroxylation is 1. The first-order chi connectivity index (χ1) is 9.09. The molecule has 0 heterocycles. The van der Waals surface area contributed by atoms with Gasteiger partial charge >= 0.3 is 0 Å². The molecule has 1 aromatic rings. The van der Waals surface area contributed by atoms with E-state index in [4.69, 9.17) is 5.73 Å². The van der Waals surface area contributed by atoms with E-state index in [9.17, 15) is 16.8 Å². The molecule has 0 unspecified atom stereocenters. The fourth-order valence-corrected chi connectivity index (χ4v) is 3.90. The largest absolute Gasteiger partial charge is 0.398 e. The van der Waals surface area contributed by atoms with Crippen molar-refractivity contribution in [3.8, 4) is 0 Å². The van der Waals surface area contributed by atoms with Crippen molar-refractivity contribution >= 4 is 41.7 Å². The lowest BCUT2D eigenvalue weighted by molar-refractivity contribution is 0.578. The number of sulfonamides is 2. The van der Waals surface area contributed by atoms with Crippen molar-refractivity contribution in [3.63, 3.8) is 0 Å². The van der Waals surface area contributed by atoms with Crippen LogP contribution in [0.3, 0.4) is 0 Å². The highest BCUT2D eigenvalue weighted by molar-refractivity contribution is 9.10. The summed E-state index contributed by atoms with van der Waals surface area (Å²) in [5, 5.41) is 0. The van der Waals surface area contributed by atoms with Crippen LogP contribution in [0.15, 0.2) is 21.5 Å². The fraction of sp³-hybridized carbons (Fsp3) is 0.400. The zero-order chi connectivity index (χ0) is 15.6. The molecule has 0 atom stereocenters. The molecule has 10 heteroatoms. The third-order valence-corrected chi connectivity index (χ3v) is 6.21. The third-order valence-electron chi connectivity index (χ3n) is 2.56. The second-order valence-corrected chi connectivity index (χ2v) is 8.70. The van der Waals surface area contributed by atoms with Gasteiger partial charge < -0.3 is 5.73 Å². The summed E-state index contributed by atoms with van der Waals surface area (Å²) in [6, 6.07) is 2.92. The van der Waals surface area contributed by atoms with Gasteiger partial charge in [0.25, 0.3) is 0 Å². The maximum atomic E-state index is 12.1. The van der Waals surface area contributed by atoms with Gasteiger partial charge in [0.05, 0.1) is 10.6 Å². The molecule has 0 radical (unpaired) electrons. The number of hydrogen-bond donors (Lipinski definition) is 3.